The molecule has 3 aromatic rings. The number of hydrogen-bond acceptors (Lipinski definition) is 2. The summed E-state index contributed by atoms with van der Waals surface area (Å²) in [7, 11) is 1.07. The topological polar surface area (TPSA) is 20.3 Å². The van der Waals surface area contributed by atoms with Gasteiger partial charge in [-0.2, -0.15) is 0 Å². The van der Waals surface area contributed by atoms with Gasteiger partial charge >= 0.3 is 0 Å². The van der Waals surface area contributed by atoms with Gasteiger partial charge in [0.05, 0.1) is 0 Å². The van der Waals surface area contributed by atoms with E-state index in [4.69, 9.17) is 0 Å². The first-order valence-corrected chi connectivity index (χ1v) is 10.1. The predicted octanol–water partition coefficient (Wildman–Crippen LogP) is 4.56. The Hall–Kier alpha value is -2.57. The monoisotopic (exact) mass is 347 g/mol. The van der Waals surface area contributed by atoms with E-state index < -0.39 is 7.14 Å². The van der Waals surface area contributed by atoms with E-state index >= 15 is 0 Å². The minimum absolute atomic E-state index is 0.844. The lowest BCUT2D eigenvalue weighted by molar-refractivity contribution is 0.584. The van der Waals surface area contributed by atoms with E-state index in [-0.39, 0.29) is 0 Å². The molecule has 0 heterocycles. The van der Waals surface area contributed by atoms with Crippen LogP contribution in [0.1, 0.15) is 5.56 Å². The molecule has 0 saturated heterocycles. The van der Waals surface area contributed by atoms with E-state index in [9.17, 15) is 4.57 Å². The second-order valence-electron chi connectivity index (χ2n) is 6.10. The molecular weight excluding hydrogens is 325 g/mol. The van der Waals surface area contributed by atoms with Crippen LogP contribution in [0.2, 0.25) is 0 Å². The van der Waals surface area contributed by atoms with Crippen molar-refractivity contribution in [3.05, 3.63) is 102 Å². The summed E-state index contributed by atoms with van der Waals surface area (Å²) >= 11 is 0. The van der Waals surface area contributed by atoms with Crippen molar-refractivity contribution >= 4 is 23.4 Å². The smallest absolute Gasteiger partial charge is 0.166 e. The van der Waals surface area contributed by atoms with Crippen LogP contribution in [0, 0.1) is 0 Å². The average Bonchev–Trinajstić information content (AvgIpc) is 2.68. The third kappa shape index (κ3) is 3.75. The summed E-state index contributed by atoms with van der Waals surface area (Å²) in [4.78, 5) is 2.02. The zero-order valence-electron chi connectivity index (χ0n) is 14.5. The van der Waals surface area contributed by atoms with E-state index in [2.05, 4.69) is 0 Å². The minimum Gasteiger partial charge on any atom is -0.377 e. The van der Waals surface area contributed by atoms with Gasteiger partial charge in [0.15, 0.2) is 7.14 Å². The molecule has 3 heteroatoms. The minimum atomic E-state index is -2.90. The van der Waals surface area contributed by atoms with Gasteiger partial charge in [0.25, 0.3) is 0 Å². The summed E-state index contributed by atoms with van der Waals surface area (Å²) < 4.78 is 14.2. The Kier molecular flexibility index (Phi) is 5.21. The third-order valence-corrected chi connectivity index (χ3v) is 6.87. The molecule has 0 aliphatic heterocycles. The molecule has 0 atom stereocenters. The van der Waals surface area contributed by atoms with Gasteiger partial charge in [0.1, 0.15) is 0 Å². The molecule has 0 aliphatic rings. The molecule has 0 bridgehead atoms. The number of benzene rings is 3. The fourth-order valence-corrected chi connectivity index (χ4v) is 5.38. The second kappa shape index (κ2) is 7.55. The van der Waals surface area contributed by atoms with Crippen LogP contribution < -0.4 is 10.6 Å². The van der Waals surface area contributed by atoms with Gasteiger partial charge in [-0.25, -0.2) is 0 Å². The molecule has 3 aromatic carbocycles. The van der Waals surface area contributed by atoms with Gasteiger partial charge in [-0.05, 0) is 5.56 Å². The standard InChI is InChI=1S/C22H22NOP/c1-23(2)22(19-12-6-3-7-13-19)18-25(24,20-14-8-4-9-15-20)21-16-10-5-11-17-21/h3-18H,1-2H3/b22-18+. The number of rotatable bonds is 5. The molecule has 0 amide bonds. The largest absolute Gasteiger partial charge is 0.377 e. The zero-order valence-corrected chi connectivity index (χ0v) is 15.4. The zero-order chi connectivity index (χ0) is 17.7. The molecule has 2 nitrogen and oxygen atoms in total. The third-order valence-electron chi connectivity index (χ3n) is 4.13. The van der Waals surface area contributed by atoms with Crippen molar-refractivity contribution in [2.24, 2.45) is 0 Å². The first kappa shape index (κ1) is 17.3. The molecule has 25 heavy (non-hydrogen) atoms. The Morgan fingerprint density at radius 1 is 0.720 bits per heavy atom. The molecule has 0 saturated carbocycles. The number of nitrogens with zero attached hydrogens (tertiary/aromatic N) is 1. The van der Waals surface area contributed by atoms with Crippen LogP contribution in [0.5, 0.6) is 0 Å². The van der Waals surface area contributed by atoms with Gasteiger partial charge < -0.3 is 9.46 Å². The van der Waals surface area contributed by atoms with Crippen molar-refractivity contribution in [2.45, 2.75) is 0 Å². The maximum absolute atomic E-state index is 14.2. The van der Waals surface area contributed by atoms with Crippen molar-refractivity contribution in [1.29, 1.82) is 0 Å². The molecule has 0 aromatic heterocycles. The molecule has 0 unspecified atom stereocenters. The lowest BCUT2D eigenvalue weighted by atomic mass is 10.2. The number of hydrogen-bond donors (Lipinski definition) is 0. The molecule has 0 radical (unpaired) electrons. The Morgan fingerprint density at radius 3 is 1.52 bits per heavy atom. The first-order valence-electron chi connectivity index (χ1n) is 8.28. The van der Waals surface area contributed by atoms with Crippen molar-refractivity contribution < 1.29 is 4.57 Å². The Bertz CT molecular complexity index is 844. The van der Waals surface area contributed by atoms with E-state index in [1.165, 1.54) is 0 Å². The Morgan fingerprint density at radius 2 is 1.12 bits per heavy atom. The van der Waals surface area contributed by atoms with Crippen LogP contribution in [0.3, 0.4) is 0 Å². The van der Waals surface area contributed by atoms with Crippen molar-refractivity contribution in [3.63, 3.8) is 0 Å². The quantitative estimate of drug-likeness (QED) is 0.631. The van der Waals surface area contributed by atoms with E-state index in [1.807, 2.05) is 116 Å². The van der Waals surface area contributed by atoms with Crippen molar-refractivity contribution in [1.82, 2.24) is 4.90 Å². The van der Waals surface area contributed by atoms with E-state index in [1.54, 1.807) is 0 Å². The summed E-state index contributed by atoms with van der Waals surface area (Å²) in [6.07, 6.45) is 0. The SMILES string of the molecule is CN(C)/C(=C/P(=O)(c1ccccc1)c1ccccc1)c1ccccc1. The summed E-state index contributed by atoms with van der Waals surface area (Å²) in [6.45, 7) is 0. The lowest BCUT2D eigenvalue weighted by Gasteiger charge is -2.22. The van der Waals surface area contributed by atoms with Crippen LogP contribution >= 0.6 is 7.14 Å². The average molecular weight is 347 g/mol. The van der Waals surface area contributed by atoms with Crippen molar-refractivity contribution in [3.8, 4) is 0 Å². The molecule has 0 spiro atoms. The highest BCUT2D eigenvalue weighted by atomic mass is 31.2. The van der Waals surface area contributed by atoms with Gasteiger partial charge in [0.2, 0.25) is 0 Å². The van der Waals surface area contributed by atoms with Gasteiger partial charge in [-0.15, -0.1) is 0 Å². The molecule has 3 rings (SSSR count). The van der Waals surface area contributed by atoms with Crippen molar-refractivity contribution in [2.75, 3.05) is 14.1 Å². The van der Waals surface area contributed by atoms with Gasteiger partial charge in [-0.1, -0.05) is 91.0 Å². The summed E-state index contributed by atoms with van der Waals surface area (Å²) in [5.41, 5.74) is 2.01. The normalized spacial score (nSPS) is 12.0. The van der Waals surface area contributed by atoms with Gasteiger partial charge in [-0.3, -0.25) is 0 Å². The summed E-state index contributed by atoms with van der Waals surface area (Å²) in [5, 5.41) is 1.69. The molecule has 0 fully saturated rings. The van der Waals surface area contributed by atoms with E-state index in [0.29, 0.717) is 0 Å². The summed E-state index contributed by atoms with van der Waals surface area (Å²) in [6, 6.07) is 29.5. The predicted molar refractivity (Wildman–Crippen MR) is 108 cm³/mol. The fourth-order valence-electron chi connectivity index (χ4n) is 2.83. The summed E-state index contributed by atoms with van der Waals surface area (Å²) in [5.74, 6) is 1.94. The van der Waals surface area contributed by atoms with Gasteiger partial charge in [0, 0.05) is 36.2 Å². The highest BCUT2D eigenvalue weighted by Gasteiger charge is 2.26. The molecule has 0 aliphatic carbocycles. The first-order chi connectivity index (χ1) is 12.1. The van der Waals surface area contributed by atoms with E-state index in [0.717, 1.165) is 21.9 Å². The Labute approximate surface area is 149 Å². The second-order valence-corrected chi connectivity index (χ2v) is 8.71. The van der Waals surface area contributed by atoms with Crippen LogP contribution in [-0.2, 0) is 4.57 Å². The maximum Gasteiger partial charge on any atom is 0.166 e. The lowest BCUT2D eigenvalue weighted by Crippen LogP contribution is -2.17. The fraction of sp³-hybridized carbons (Fsp3) is 0.0909. The van der Waals surface area contributed by atoms with Crippen LogP contribution in [0.4, 0.5) is 0 Å². The maximum atomic E-state index is 14.2. The van der Waals surface area contributed by atoms with Crippen LogP contribution in [-0.4, -0.2) is 19.0 Å². The molecular formula is C22H22NOP. The van der Waals surface area contributed by atoms with Crippen LogP contribution in [0.15, 0.2) is 96.8 Å². The highest BCUT2D eigenvalue weighted by molar-refractivity contribution is 7.81. The molecule has 0 N–H and O–H groups in total. The van der Waals surface area contributed by atoms with Crippen LogP contribution in [0.25, 0.3) is 5.70 Å². The Balaban J connectivity index is 2.23. The highest BCUT2D eigenvalue weighted by Crippen LogP contribution is 2.47. The molecule has 126 valence electrons.